The van der Waals surface area contributed by atoms with Crippen molar-refractivity contribution in [3.63, 3.8) is 0 Å². The number of aromatic nitrogens is 6. The highest BCUT2D eigenvalue weighted by molar-refractivity contribution is 7.99. The van der Waals surface area contributed by atoms with Gasteiger partial charge >= 0.3 is 5.69 Å². The lowest BCUT2D eigenvalue weighted by molar-refractivity contribution is -0.115. The molecule has 0 saturated heterocycles. The highest BCUT2D eigenvalue weighted by Crippen LogP contribution is 2.16. The van der Waals surface area contributed by atoms with E-state index in [1.807, 2.05) is 0 Å². The first-order valence-electron chi connectivity index (χ1n) is 6.49. The smallest absolute Gasteiger partial charge is 0.323 e. The Morgan fingerprint density at radius 2 is 2.18 bits per heavy atom. The molecule has 0 radical (unpaired) electrons. The molecule has 2 aromatic heterocycles. The van der Waals surface area contributed by atoms with Gasteiger partial charge in [0, 0.05) is 24.9 Å². The Balaban J connectivity index is 1.56. The van der Waals surface area contributed by atoms with E-state index in [9.17, 15) is 9.59 Å². The van der Waals surface area contributed by atoms with Crippen LogP contribution in [0.5, 0.6) is 0 Å². The van der Waals surface area contributed by atoms with Crippen LogP contribution in [0.3, 0.4) is 0 Å². The van der Waals surface area contributed by atoms with Crippen LogP contribution in [0.25, 0.3) is 11.0 Å². The molecule has 0 aliphatic rings. The molecule has 0 bridgehead atoms. The number of benzene rings is 1. The van der Waals surface area contributed by atoms with E-state index in [0.717, 1.165) is 0 Å². The number of aromatic amines is 2. The number of rotatable bonds is 5. The molecule has 0 spiro atoms. The minimum absolute atomic E-state index is 0.111. The quantitative estimate of drug-likeness (QED) is 0.589. The van der Waals surface area contributed by atoms with E-state index < -0.39 is 0 Å². The van der Waals surface area contributed by atoms with Crippen LogP contribution in [0.1, 0.15) is 6.42 Å². The number of H-pyrrole nitrogens is 2. The fourth-order valence-corrected chi connectivity index (χ4v) is 2.70. The van der Waals surface area contributed by atoms with E-state index in [2.05, 4.69) is 30.8 Å². The van der Waals surface area contributed by atoms with Gasteiger partial charge in [0.2, 0.25) is 11.1 Å². The summed E-state index contributed by atoms with van der Waals surface area (Å²) in [6.45, 7) is 0. The molecule has 9 nitrogen and oxygen atoms in total. The first kappa shape index (κ1) is 14.3. The molecular weight excluding hydrogens is 306 g/mol. The van der Waals surface area contributed by atoms with Crippen LogP contribution in [0.15, 0.2) is 28.2 Å². The molecule has 22 heavy (non-hydrogen) atoms. The van der Waals surface area contributed by atoms with Gasteiger partial charge in [-0.1, -0.05) is 11.8 Å². The van der Waals surface area contributed by atoms with Crippen molar-refractivity contribution in [1.82, 2.24) is 30.2 Å². The molecule has 0 aliphatic heterocycles. The Hall–Kier alpha value is -2.62. The molecule has 2 heterocycles. The monoisotopic (exact) mass is 319 g/mol. The van der Waals surface area contributed by atoms with Crippen LogP contribution < -0.4 is 11.0 Å². The zero-order valence-corrected chi connectivity index (χ0v) is 12.5. The van der Waals surface area contributed by atoms with Crippen molar-refractivity contribution in [3.8, 4) is 0 Å². The second kappa shape index (κ2) is 6.02. The number of thioether (sulfide) groups is 1. The maximum Gasteiger partial charge on any atom is 0.323 e. The van der Waals surface area contributed by atoms with E-state index >= 15 is 0 Å². The Kier molecular flexibility index (Phi) is 3.92. The number of nitrogens with one attached hydrogen (secondary N) is 3. The van der Waals surface area contributed by atoms with Crippen molar-refractivity contribution in [2.75, 3.05) is 11.1 Å². The topological polar surface area (TPSA) is 121 Å². The summed E-state index contributed by atoms with van der Waals surface area (Å²) >= 11 is 1.41. The van der Waals surface area contributed by atoms with Crippen molar-refractivity contribution < 1.29 is 4.79 Å². The van der Waals surface area contributed by atoms with E-state index in [1.165, 1.54) is 11.8 Å². The normalized spacial score (nSPS) is 11.0. The summed E-state index contributed by atoms with van der Waals surface area (Å²) in [5.74, 6) is 0.461. The van der Waals surface area contributed by atoms with Crippen LogP contribution in [-0.2, 0) is 11.8 Å². The van der Waals surface area contributed by atoms with Crippen molar-refractivity contribution in [3.05, 3.63) is 28.7 Å². The van der Waals surface area contributed by atoms with Gasteiger partial charge in [0.05, 0.1) is 11.0 Å². The van der Waals surface area contributed by atoms with Crippen molar-refractivity contribution in [2.45, 2.75) is 11.6 Å². The molecule has 0 aliphatic carbocycles. The molecule has 10 heteroatoms. The lowest BCUT2D eigenvalue weighted by atomic mass is 10.2. The predicted molar refractivity (Wildman–Crippen MR) is 81.7 cm³/mol. The molecule has 3 rings (SSSR count). The predicted octanol–water partition coefficient (Wildman–Crippen LogP) is 0.501. The summed E-state index contributed by atoms with van der Waals surface area (Å²) in [5, 5.41) is 14.5. The average molecular weight is 319 g/mol. The molecule has 3 N–H and O–H groups in total. The zero-order valence-electron chi connectivity index (χ0n) is 11.7. The first-order chi connectivity index (χ1) is 10.6. The van der Waals surface area contributed by atoms with E-state index in [1.54, 1.807) is 29.9 Å². The van der Waals surface area contributed by atoms with E-state index in [0.29, 0.717) is 34.1 Å². The summed E-state index contributed by atoms with van der Waals surface area (Å²) in [6, 6.07) is 5.19. The van der Waals surface area contributed by atoms with Gasteiger partial charge in [-0.3, -0.25) is 4.79 Å². The molecule has 1 amide bonds. The average Bonchev–Trinajstić information content (AvgIpc) is 3.03. The third kappa shape index (κ3) is 3.17. The number of tetrazole rings is 1. The fraction of sp³-hybridized carbons (Fsp3) is 0.250. The van der Waals surface area contributed by atoms with Crippen LogP contribution in [0.2, 0.25) is 0 Å². The number of imidazole rings is 1. The van der Waals surface area contributed by atoms with Crippen LogP contribution >= 0.6 is 11.8 Å². The van der Waals surface area contributed by atoms with Gasteiger partial charge in [-0.05, 0) is 28.6 Å². The maximum absolute atomic E-state index is 11.9. The second-order valence-corrected chi connectivity index (χ2v) is 5.63. The van der Waals surface area contributed by atoms with Crippen LogP contribution in [0.4, 0.5) is 5.69 Å². The second-order valence-electron chi connectivity index (χ2n) is 4.57. The van der Waals surface area contributed by atoms with Crippen molar-refractivity contribution in [1.29, 1.82) is 0 Å². The number of carbonyl (C=O) groups is 1. The third-order valence-electron chi connectivity index (χ3n) is 2.94. The molecule has 1 aromatic carbocycles. The fourth-order valence-electron chi connectivity index (χ4n) is 1.91. The number of anilines is 1. The summed E-state index contributed by atoms with van der Waals surface area (Å²) in [4.78, 5) is 28.4. The third-order valence-corrected chi connectivity index (χ3v) is 3.95. The Morgan fingerprint density at radius 3 is 2.95 bits per heavy atom. The van der Waals surface area contributed by atoms with Crippen molar-refractivity contribution in [2.24, 2.45) is 7.05 Å². The number of amides is 1. The number of nitrogens with zero attached hydrogens (tertiary/aromatic N) is 4. The van der Waals surface area contributed by atoms with E-state index in [-0.39, 0.29) is 11.6 Å². The Labute approximate surface area is 128 Å². The highest BCUT2D eigenvalue weighted by atomic mass is 32.2. The highest BCUT2D eigenvalue weighted by Gasteiger charge is 2.07. The van der Waals surface area contributed by atoms with Gasteiger partial charge in [-0.25, -0.2) is 9.48 Å². The Morgan fingerprint density at radius 1 is 1.36 bits per heavy atom. The lowest BCUT2D eigenvalue weighted by Crippen LogP contribution is -2.12. The van der Waals surface area contributed by atoms with Gasteiger partial charge in [0.25, 0.3) is 0 Å². The lowest BCUT2D eigenvalue weighted by Gasteiger charge is -2.04. The zero-order chi connectivity index (χ0) is 15.5. The van der Waals surface area contributed by atoms with Gasteiger partial charge in [0.1, 0.15) is 0 Å². The molecule has 0 fully saturated rings. The number of carbonyl (C=O) groups excluding carboxylic acids is 1. The summed E-state index contributed by atoms with van der Waals surface area (Å²) in [7, 11) is 1.75. The molecule has 114 valence electrons. The van der Waals surface area contributed by atoms with E-state index in [4.69, 9.17) is 0 Å². The molecular formula is C12H13N7O2S. The van der Waals surface area contributed by atoms with Gasteiger partial charge in [-0.2, -0.15) is 0 Å². The minimum atomic E-state index is -0.271. The van der Waals surface area contributed by atoms with Gasteiger partial charge < -0.3 is 15.3 Å². The van der Waals surface area contributed by atoms with Crippen molar-refractivity contribution >= 4 is 34.4 Å². The number of aryl methyl sites for hydroxylation is 1. The Bertz CT molecular complexity index is 866. The number of fused-ring (bicyclic) bond motifs is 1. The number of hydrogen-bond acceptors (Lipinski definition) is 6. The minimum Gasteiger partial charge on any atom is -0.326 e. The van der Waals surface area contributed by atoms with Gasteiger partial charge in [-0.15, -0.1) is 5.10 Å². The molecule has 0 atom stereocenters. The maximum atomic E-state index is 11.9. The van der Waals surface area contributed by atoms with Gasteiger partial charge in [0.15, 0.2) is 0 Å². The summed E-state index contributed by atoms with van der Waals surface area (Å²) in [5.41, 5.74) is 1.72. The van der Waals surface area contributed by atoms with Crippen LogP contribution in [0, 0.1) is 0 Å². The summed E-state index contributed by atoms with van der Waals surface area (Å²) in [6.07, 6.45) is 0.333. The first-order valence-corrected chi connectivity index (χ1v) is 7.47. The molecule has 0 saturated carbocycles. The molecule has 0 unspecified atom stereocenters. The largest absolute Gasteiger partial charge is 0.326 e. The van der Waals surface area contributed by atoms with Crippen LogP contribution in [-0.4, -0.2) is 41.8 Å². The number of hydrogen-bond donors (Lipinski definition) is 3. The molecule has 3 aromatic rings. The summed E-state index contributed by atoms with van der Waals surface area (Å²) < 4.78 is 1.55. The SMILES string of the molecule is Cn1nnnc1SCCC(=O)Nc1ccc2[nH]c(=O)[nH]c2c1. The standard InChI is InChI=1S/C12H13N7O2S/c1-19-12(16-17-18-19)22-5-4-10(20)13-7-2-3-8-9(6-7)15-11(21)14-8/h2-3,6H,4-5H2,1H3,(H,13,20)(H2,14,15,21).